The standard InChI is InChI=1S/C22H35N3O3/c1-16(2)18-10-7-11-19(13-18)23-20(26)25-12-8-9-17(15-25)14-24(6)21(27)28-22(3,4)5/h7,10-11,13,16-17H,8-9,12,14-15H2,1-6H3,(H,23,26). The van der Waals surface area contributed by atoms with Gasteiger partial charge in [0.25, 0.3) is 0 Å². The normalized spacial score (nSPS) is 17.4. The molecule has 0 aliphatic carbocycles. The molecule has 1 aliphatic heterocycles. The van der Waals surface area contributed by atoms with Gasteiger partial charge in [0.05, 0.1) is 0 Å². The molecule has 28 heavy (non-hydrogen) atoms. The summed E-state index contributed by atoms with van der Waals surface area (Å²) >= 11 is 0. The highest BCUT2D eigenvalue weighted by molar-refractivity contribution is 5.89. The molecule has 1 saturated heterocycles. The summed E-state index contributed by atoms with van der Waals surface area (Å²) in [5.41, 5.74) is 1.52. The molecule has 0 spiro atoms. The van der Waals surface area contributed by atoms with Gasteiger partial charge >= 0.3 is 12.1 Å². The van der Waals surface area contributed by atoms with E-state index in [9.17, 15) is 9.59 Å². The number of benzene rings is 1. The molecule has 156 valence electrons. The number of rotatable bonds is 4. The van der Waals surface area contributed by atoms with Crippen LogP contribution in [0.15, 0.2) is 24.3 Å². The summed E-state index contributed by atoms with van der Waals surface area (Å²) in [6.45, 7) is 11.8. The van der Waals surface area contributed by atoms with E-state index in [2.05, 4.69) is 25.2 Å². The third-order valence-corrected chi connectivity index (χ3v) is 4.85. The summed E-state index contributed by atoms with van der Waals surface area (Å²) < 4.78 is 5.42. The molecule has 1 aliphatic rings. The van der Waals surface area contributed by atoms with Crippen LogP contribution in [0, 0.1) is 5.92 Å². The lowest BCUT2D eigenvalue weighted by Gasteiger charge is -2.35. The van der Waals surface area contributed by atoms with Crippen molar-refractivity contribution >= 4 is 17.8 Å². The summed E-state index contributed by atoms with van der Waals surface area (Å²) in [6.07, 6.45) is 1.62. The van der Waals surface area contributed by atoms with Crippen LogP contribution >= 0.6 is 0 Å². The van der Waals surface area contributed by atoms with E-state index in [-0.39, 0.29) is 18.0 Å². The predicted octanol–water partition coefficient (Wildman–Crippen LogP) is 4.92. The molecule has 0 aromatic heterocycles. The molecule has 0 bridgehead atoms. The maximum absolute atomic E-state index is 12.7. The number of likely N-dealkylation sites (tertiary alicyclic amines) is 1. The van der Waals surface area contributed by atoms with E-state index in [0.717, 1.165) is 25.1 Å². The number of carbonyl (C=O) groups is 2. The number of anilines is 1. The fraction of sp³-hybridized carbons (Fsp3) is 0.636. The van der Waals surface area contributed by atoms with Gasteiger partial charge in [0.15, 0.2) is 0 Å². The molecule has 1 fully saturated rings. The van der Waals surface area contributed by atoms with Crippen molar-refractivity contribution in [2.24, 2.45) is 5.92 Å². The highest BCUT2D eigenvalue weighted by Gasteiger charge is 2.27. The number of carbonyl (C=O) groups excluding carboxylic acids is 2. The smallest absolute Gasteiger partial charge is 0.410 e. The van der Waals surface area contributed by atoms with E-state index in [1.165, 1.54) is 5.56 Å². The lowest BCUT2D eigenvalue weighted by molar-refractivity contribution is 0.0253. The Labute approximate surface area is 169 Å². The number of hydrogen-bond acceptors (Lipinski definition) is 3. The van der Waals surface area contributed by atoms with Crippen LogP contribution in [0.1, 0.15) is 58.9 Å². The minimum Gasteiger partial charge on any atom is -0.444 e. The molecule has 1 atom stereocenters. The van der Waals surface area contributed by atoms with Crippen LogP contribution in [-0.4, -0.2) is 54.2 Å². The fourth-order valence-electron chi connectivity index (χ4n) is 3.38. The predicted molar refractivity (Wildman–Crippen MR) is 113 cm³/mol. The summed E-state index contributed by atoms with van der Waals surface area (Å²) in [4.78, 5) is 28.4. The summed E-state index contributed by atoms with van der Waals surface area (Å²) in [5.74, 6) is 0.665. The minimum absolute atomic E-state index is 0.0782. The van der Waals surface area contributed by atoms with Gasteiger partial charge in [-0.25, -0.2) is 9.59 Å². The Hall–Kier alpha value is -2.24. The molecule has 0 saturated carbocycles. The molecule has 0 radical (unpaired) electrons. The molecule has 1 heterocycles. The molecular weight excluding hydrogens is 354 g/mol. The largest absolute Gasteiger partial charge is 0.444 e. The zero-order valence-corrected chi connectivity index (χ0v) is 18.1. The lowest BCUT2D eigenvalue weighted by atomic mass is 9.98. The van der Waals surface area contributed by atoms with E-state index in [0.29, 0.717) is 19.0 Å². The van der Waals surface area contributed by atoms with Gasteiger partial charge in [-0.05, 0) is 63.1 Å². The van der Waals surface area contributed by atoms with E-state index in [4.69, 9.17) is 4.74 Å². The molecule has 1 N–H and O–H groups in total. The van der Waals surface area contributed by atoms with Gasteiger partial charge in [0, 0.05) is 32.4 Å². The lowest BCUT2D eigenvalue weighted by Crippen LogP contribution is -2.46. The van der Waals surface area contributed by atoms with Crippen molar-refractivity contribution < 1.29 is 14.3 Å². The number of nitrogens with zero attached hydrogens (tertiary/aromatic N) is 2. The van der Waals surface area contributed by atoms with E-state index in [1.807, 2.05) is 43.9 Å². The highest BCUT2D eigenvalue weighted by Crippen LogP contribution is 2.21. The van der Waals surface area contributed by atoms with E-state index in [1.54, 1.807) is 11.9 Å². The van der Waals surface area contributed by atoms with Crippen LogP contribution in [0.25, 0.3) is 0 Å². The van der Waals surface area contributed by atoms with E-state index < -0.39 is 5.60 Å². The first kappa shape index (κ1) is 22.1. The van der Waals surface area contributed by atoms with Gasteiger partial charge in [0.2, 0.25) is 0 Å². The Morgan fingerprint density at radius 2 is 2.04 bits per heavy atom. The topological polar surface area (TPSA) is 61.9 Å². The van der Waals surface area contributed by atoms with Crippen LogP contribution in [0.5, 0.6) is 0 Å². The molecule has 3 amide bonds. The molecule has 1 unspecified atom stereocenters. The first-order valence-corrected chi connectivity index (χ1v) is 10.1. The molecule has 2 rings (SSSR count). The van der Waals surface area contributed by atoms with Gasteiger partial charge in [-0.1, -0.05) is 26.0 Å². The summed E-state index contributed by atoms with van der Waals surface area (Å²) in [6, 6.07) is 7.91. The van der Waals surface area contributed by atoms with Gasteiger partial charge in [0.1, 0.15) is 5.60 Å². The Morgan fingerprint density at radius 3 is 2.68 bits per heavy atom. The van der Waals surface area contributed by atoms with Gasteiger partial charge < -0.3 is 19.9 Å². The van der Waals surface area contributed by atoms with Crippen molar-refractivity contribution in [2.75, 3.05) is 32.0 Å². The van der Waals surface area contributed by atoms with Crippen molar-refractivity contribution in [3.8, 4) is 0 Å². The number of urea groups is 1. The van der Waals surface area contributed by atoms with Crippen LogP contribution in [0.3, 0.4) is 0 Å². The van der Waals surface area contributed by atoms with Crippen LogP contribution in [-0.2, 0) is 4.74 Å². The molecule has 1 aromatic carbocycles. The molecule has 6 nitrogen and oxygen atoms in total. The first-order chi connectivity index (χ1) is 13.0. The van der Waals surface area contributed by atoms with Crippen molar-refractivity contribution in [1.29, 1.82) is 0 Å². The highest BCUT2D eigenvalue weighted by atomic mass is 16.6. The zero-order valence-electron chi connectivity index (χ0n) is 18.1. The Morgan fingerprint density at radius 1 is 1.32 bits per heavy atom. The number of nitrogens with one attached hydrogen (secondary N) is 1. The molecule has 6 heteroatoms. The second-order valence-electron chi connectivity index (χ2n) is 9.03. The van der Waals surface area contributed by atoms with Crippen molar-refractivity contribution in [1.82, 2.24) is 9.80 Å². The Kier molecular flexibility index (Phi) is 7.33. The van der Waals surface area contributed by atoms with Crippen LogP contribution in [0.2, 0.25) is 0 Å². The molecule has 1 aromatic rings. The number of ether oxygens (including phenoxy) is 1. The SMILES string of the molecule is CC(C)c1cccc(NC(=O)N2CCCC(CN(C)C(=O)OC(C)(C)C)C2)c1. The van der Waals surface area contributed by atoms with Crippen molar-refractivity contribution in [3.63, 3.8) is 0 Å². The van der Waals surface area contributed by atoms with E-state index >= 15 is 0 Å². The zero-order chi connectivity index (χ0) is 20.9. The van der Waals surface area contributed by atoms with Crippen molar-refractivity contribution in [2.45, 2.75) is 59.0 Å². The van der Waals surface area contributed by atoms with Gasteiger partial charge in [-0.15, -0.1) is 0 Å². The summed E-state index contributed by atoms with van der Waals surface area (Å²) in [7, 11) is 1.75. The quantitative estimate of drug-likeness (QED) is 0.795. The van der Waals surface area contributed by atoms with Crippen LogP contribution in [0.4, 0.5) is 15.3 Å². The summed E-state index contributed by atoms with van der Waals surface area (Å²) in [5, 5.41) is 3.02. The second kappa shape index (κ2) is 9.30. The average Bonchev–Trinajstić information content (AvgIpc) is 2.60. The number of amides is 3. The maximum Gasteiger partial charge on any atom is 0.410 e. The third kappa shape index (κ3) is 6.73. The third-order valence-electron chi connectivity index (χ3n) is 4.85. The monoisotopic (exact) mass is 389 g/mol. The second-order valence-corrected chi connectivity index (χ2v) is 9.03. The van der Waals surface area contributed by atoms with Gasteiger partial charge in [-0.2, -0.15) is 0 Å². The average molecular weight is 390 g/mol. The Bertz CT molecular complexity index is 682. The van der Waals surface area contributed by atoms with Crippen molar-refractivity contribution in [3.05, 3.63) is 29.8 Å². The number of piperidine rings is 1. The minimum atomic E-state index is -0.506. The first-order valence-electron chi connectivity index (χ1n) is 10.1. The number of hydrogen-bond donors (Lipinski definition) is 1. The Balaban J connectivity index is 1.90. The van der Waals surface area contributed by atoms with Crippen LogP contribution < -0.4 is 5.32 Å². The molecular formula is C22H35N3O3. The fourth-order valence-corrected chi connectivity index (χ4v) is 3.38. The van der Waals surface area contributed by atoms with Gasteiger partial charge in [-0.3, -0.25) is 0 Å². The maximum atomic E-state index is 12.7.